The molecule has 2 nitrogen and oxygen atoms in total. The monoisotopic (exact) mass is 258 g/mol. The summed E-state index contributed by atoms with van der Waals surface area (Å²) in [5.41, 5.74) is 1.02. The lowest BCUT2D eigenvalue weighted by Crippen LogP contribution is -2.31. The van der Waals surface area contributed by atoms with E-state index >= 15 is 0 Å². The van der Waals surface area contributed by atoms with Crippen LogP contribution < -0.4 is 10.6 Å². The summed E-state index contributed by atoms with van der Waals surface area (Å²) in [7, 11) is 0. The molecule has 18 heavy (non-hydrogen) atoms. The van der Waals surface area contributed by atoms with Gasteiger partial charge in [0.2, 0.25) is 0 Å². The molecule has 2 N–H and O–H groups in total. The Morgan fingerprint density at radius 3 is 2.56 bits per heavy atom. The topological polar surface area (TPSA) is 24.1 Å². The quantitative estimate of drug-likeness (QED) is 0.819. The van der Waals surface area contributed by atoms with Crippen LogP contribution in [0, 0.1) is 5.92 Å². The van der Waals surface area contributed by atoms with Crippen molar-refractivity contribution in [2.45, 2.75) is 13.8 Å². The fourth-order valence-corrected chi connectivity index (χ4v) is 1.94. The van der Waals surface area contributed by atoms with Crippen LogP contribution in [0.25, 0.3) is 10.8 Å². The van der Waals surface area contributed by atoms with Crippen LogP contribution in [-0.2, 0) is 0 Å². The van der Waals surface area contributed by atoms with Gasteiger partial charge in [0.15, 0.2) is 5.11 Å². The first-order valence-corrected chi connectivity index (χ1v) is 6.59. The van der Waals surface area contributed by atoms with E-state index in [1.165, 1.54) is 10.8 Å². The van der Waals surface area contributed by atoms with Gasteiger partial charge in [0, 0.05) is 12.2 Å². The van der Waals surface area contributed by atoms with Crippen molar-refractivity contribution in [1.82, 2.24) is 5.32 Å². The van der Waals surface area contributed by atoms with Gasteiger partial charge >= 0.3 is 0 Å². The number of nitrogens with one attached hydrogen (secondary N) is 2. The molecule has 0 saturated carbocycles. The van der Waals surface area contributed by atoms with Gasteiger partial charge in [-0.2, -0.15) is 0 Å². The number of fused-ring (bicyclic) bond motifs is 1. The lowest BCUT2D eigenvalue weighted by molar-refractivity contribution is 0.627. The second-order valence-electron chi connectivity index (χ2n) is 4.79. The Kier molecular flexibility index (Phi) is 4.15. The number of hydrogen-bond acceptors (Lipinski definition) is 1. The minimum absolute atomic E-state index is 0.585. The van der Waals surface area contributed by atoms with Crippen LogP contribution in [0.5, 0.6) is 0 Å². The van der Waals surface area contributed by atoms with E-state index in [-0.39, 0.29) is 0 Å². The zero-order chi connectivity index (χ0) is 13.0. The highest BCUT2D eigenvalue weighted by Crippen LogP contribution is 2.18. The largest absolute Gasteiger partial charge is 0.362 e. The lowest BCUT2D eigenvalue weighted by atomic mass is 10.1. The number of hydrogen-bond donors (Lipinski definition) is 2. The van der Waals surface area contributed by atoms with Gasteiger partial charge in [0.25, 0.3) is 0 Å². The molecule has 0 amide bonds. The molecule has 0 aliphatic heterocycles. The van der Waals surface area contributed by atoms with E-state index in [9.17, 15) is 0 Å². The molecule has 2 rings (SSSR count). The van der Waals surface area contributed by atoms with E-state index in [0.29, 0.717) is 11.0 Å². The molecule has 3 heteroatoms. The summed E-state index contributed by atoms with van der Waals surface area (Å²) < 4.78 is 0. The maximum absolute atomic E-state index is 5.25. The van der Waals surface area contributed by atoms with E-state index < -0.39 is 0 Å². The first-order chi connectivity index (χ1) is 8.65. The van der Waals surface area contributed by atoms with Crippen LogP contribution in [0.4, 0.5) is 5.69 Å². The van der Waals surface area contributed by atoms with Gasteiger partial charge in [-0.1, -0.05) is 44.2 Å². The van der Waals surface area contributed by atoms with Gasteiger partial charge in [-0.3, -0.25) is 0 Å². The third kappa shape index (κ3) is 3.44. The molecule has 0 saturated heterocycles. The van der Waals surface area contributed by atoms with Crippen molar-refractivity contribution >= 4 is 33.8 Å². The normalized spacial score (nSPS) is 10.6. The Morgan fingerprint density at radius 1 is 1.11 bits per heavy atom. The molecule has 0 aromatic heterocycles. The van der Waals surface area contributed by atoms with Gasteiger partial charge in [-0.05, 0) is 41.0 Å². The number of rotatable bonds is 3. The Bertz CT molecular complexity index is 549. The van der Waals surface area contributed by atoms with Crippen molar-refractivity contribution in [3.63, 3.8) is 0 Å². The predicted molar refractivity (Wildman–Crippen MR) is 83.0 cm³/mol. The van der Waals surface area contributed by atoms with Crippen LogP contribution in [0.1, 0.15) is 13.8 Å². The third-order valence-corrected chi connectivity index (χ3v) is 2.92. The molecule has 0 fully saturated rings. The molecule has 0 aliphatic rings. The van der Waals surface area contributed by atoms with E-state index in [0.717, 1.165) is 12.2 Å². The highest BCUT2D eigenvalue weighted by molar-refractivity contribution is 7.80. The summed E-state index contributed by atoms with van der Waals surface area (Å²) in [4.78, 5) is 0. The second kappa shape index (κ2) is 5.83. The van der Waals surface area contributed by atoms with Crippen LogP contribution in [0.2, 0.25) is 0 Å². The van der Waals surface area contributed by atoms with Crippen LogP contribution >= 0.6 is 12.2 Å². The Labute approximate surface area is 113 Å². The highest BCUT2D eigenvalue weighted by atomic mass is 32.1. The molecule has 0 aliphatic carbocycles. The first-order valence-electron chi connectivity index (χ1n) is 6.19. The van der Waals surface area contributed by atoms with Crippen molar-refractivity contribution in [2.24, 2.45) is 5.92 Å². The second-order valence-corrected chi connectivity index (χ2v) is 5.20. The maximum atomic E-state index is 5.25. The van der Waals surface area contributed by atoms with Gasteiger partial charge in [-0.15, -0.1) is 0 Å². The molecule has 0 atom stereocenters. The van der Waals surface area contributed by atoms with E-state index in [2.05, 4.69) is 48.7 Å². The van der Waals surface area contributed by atoms with Gasteiger partial charge in [0.1, 0.15) is 0 Å². The fourth-order valence-electron chi connectivity index (χ4n) is 1.74. The Hall–Kier alpha value is -1.61. The predicted octanol–water partition coefficient (Wildman–Crippen LogP) is 3.78. The lowest BCUT2D eigenvalue weighted by Gasteiger charge is -2.12. The summed E-state index contributed by atoms with van der Waals surface area (Å²) in [5, 5.41) is 9.55. The van der Waals surface area contributed by atoms with Crippen molar-refractivity contribution in [2.75, 3.05) is 11.9 Å². The molecular weight excluding hydrogens is 240 g/mol. The standard InChI is InChI=1S/C15H18N2S/c1-11(2)10-16-15(18)17-14-8-7-12-5-3-4-6-13(12)9-14/h3-9,11H,10H2,1-2H3,(H2,16,17,18). The molecular formula is C15H18N2S. The van der Waals surface area contributed by atoms with E-state index in [4.69, 9.17) is 12.2 Å². The van der Waals surface area contributed by atoms with Crippen molar-refractivity contribution in [3.05, 3.63) is 42.5 Å². The molecule has 2 aromatic carbocycles. The smallest absolute Gasteiger partial charge is 0.170 e. The molecule has 94 valence electrons. The molecule has 0 heterocycles. The van der Waals surface area contributed by atoms with E-state index in [1.807, 2.05) is 18.2 Å². The summed E-state index contributed by atoms with van der Waals surface area (Å²) in [5.74, 6) is 0.585. The number of thiocarbonyl (C=S) groups is 1. The summed E-state index contributed by atoms with van der Waals surface area (Å²) in [6.45, 7) is 5.21. The summed E-state index contributed by atoms with van der Waals surface area (Å²) >= 11 is 5.25. The molecule has 0 spiro atoms. The third-order valence-electron chi connectivity index (χ3n) is 2.68. The Morgan fingerprint density at radius 2 is 1.83 bits per heavy atom. The number of benzene rings is 2. The molecule has 0 unspecified atom stereocenters. The summed E-state index contributed by atoms with van der Waals surface area (Å²) in [6.07, 6.45) is 0. The molecule has 0 bridgehead atoms. The van der Waals surface area contributed by atoms with Crippen molar-refractivity contribution in [1.29, 1.82) is 0 Å². The van der Waals surface area contributed by atoms with Crippen molar-refractivity contribution in [3.8, 4) is 0 Å². The Balaban J connectivity index is 2.05. The highest BCUT2D eigenvalue weighted by Gasteiger charge is 2.00. The SMILES string of the molecule is CC(C)CNC(=S)Nc1ccc2ccccc2c1. The maximum Gasteiger partial charge on any atom is 0.170 e. The van der Waals surface area contributed by atoms with Gasteiger partial charge < -0.3 is 10.6 Å². The minimum atomic E-state index is 0.585. The van der Waals surface area contributed by atoms with Crippen LogP contribution in [0.15, 0.2) is 42.5 Å². The number of anilines is 1. The zero-order valence-electron chi connectivity index (χ0n) is 10.7. The summed E-state index contributed by atoms with van der Waals surface area (Å²) in [6, 6.07) is 14.6. The average Bonchev–Trinajstić information content (AvgIpc) is 2.36. The van der Waals surface area contributed by atoms with E-state index in [1.54, 1.807) is 0 Å². The average molecular weight is 258 g/mol. The zero-order valence-corrected chi connectivity index (χ0v) is 11.6. The van der Waals surface area contributed by atoms with Gasteiger partial charge in [0.05, 0.1) is 0 Å². The first kappa shape index (κ1) is 12.8. The molecule has 0 radical (unpaired) electrons. The van der Waals surface area contributed by atoms with Gasteiger partial charge in [-0.25, -0.2) is 0 Å². The minimum Gasteiger partial charge on any atom is -0.362 e. The fraction of sp³-hybridized carbons (Fsp3) is 0.267. The van der Waals surface area contributed by atoms with Crippen LogP contribution in [-0.4, -0.2) is 11.7 Å². The van der Waals surface area contributed by atoms with Crippen LogP contribution in [0.3, 0.4) is 0 Å². The van der Waals surface area contributed by atoms with Crippen molar-refractivity contribution < 1.29 is 0 Å². The molecule has 2 aromatic rings.